The van der Waals surface area contributed by atoms with Gasteiger partial charge in [0.2, 0.25) is 0 Å². The van der Waals surface area contributed by atoms with Crippen molar-refractivity contribution in [2.45, 2.75) is 0 Å². The Hall–Kier alpha value is -7.76. The second-order valence-electron chi connectivity index (χ2n) is 11.5. The minimum absolute atomic E-state index is 0.649. The molecule has 0 aromatic heterocycles. The maximum absolute atomic E-state index is 9.13. The Kier molecular flexibility index (Phi) is 12.8. The summed E-state index contributed by atoms with van der Waals surface area (Å²) in [5.41, 5.74) is 11.1. The number of nitrogens with zero attached hydrogens (tertiary/aromatic N) is 4. The Bertz CT molecular complexity index is 2400. The molecule has 0 amide bonds. The highest BCUT2D eigenvalue weighted by Gasteiger charge is 1.97. The van der Waals surface area contributed by atoms with Crippen LogP contribution in [0, 0.1) is 40.6 Å². The zero-order valence-electron chi connectivity index (χ0n) is 28.3. The molecule has 0 N–H and O–H groups in total. The molecule has 6 aromatic carbocycles. The van der Waals surface area contributed by atoms with Crippen LogP contribution in [-0.4, -0.2) is 0 Å². The Morgan fingerprint density at radius 1 is 0.385 bits per heavy atom. The molecule has 0 saturated heterocycles. The van der Waals surface area contributed by atoms with E-state index in [1.165, 1.54) is 0 Å². The maximum Gasteiger partial charge on any atom is 0.187 e. The highest BCUT2D eigenvalue weighted by molar-refractivity contribution is 5.76. The molecule has 244 valence electrons. The lowest BCUT2D eigenvalue weighted by molar-refractivity contribution is 1.47. The van der Waals surface area contributed by atoms with Gasteiger partial charge in [-0.05, 0) is 80.9 Å². The molecule has 0 aliphatic heterocycles. The van der Waals surface area contributed by atoms with Crippen molar-refractivity contribution in [3.8, 4) is 18.2 Å². The van der Waals surface area contributed by atoms with Gasteiger partial charge in [-0.3, -0.25) is 0 Å². The predicted octanol–water partition coefficient (Wildman–Crippen LogP) is 12.2. The van der Waals surface area contributed by atoms with Crippen LogP contribution < -0.4 is 0 Å². The molecule has 4 heteroatoms. The molecule has 52 heavy (non-hydrogen) atoms. The van der Waals surface area contributed by atoms with E-state index >= 15 is 0 Å². The Balaban J connectivity index is 0.000000201. The molecular formula is C48H32N4. The quantitative estimate of drug-likeness (QED) is 0.120. The summed E-state index contributed by atoms with van der Waals surface area (Å²) < 4.78 is 0. The number of nitriles is 3. The Morgan fingerprint density at radius 3 is 1.17 bits per heavy atom. The lowest BCUT2D eigenvalue weighted by Gasteiger charge is -1.99. The molecule has 0 bridgehead atoms. The standard InChI is InChI=1S/2C24H16N2/c1-26-24-4-2-3-22(17-24)14-11-20-8-5-19(6-9-20)7-10-21-12-15-23(18-25)16-13-21;25-17-22-13-11-20(12-14-22)6-5-19-7-9-21(10-8-19)15-16-23-3-1-2-4-24(23)18-26/h2-17H;1-16H/b10-7+,14-11+;6-5+,16-15+. The number of rotatable bonds is 8. The van der Waals surface area contributed by atoms with Crippen molar-refractivity contribution < 1.29 is 0 Å². The molecule has 0 unspecified atom stereocenters. The van der Waals surface area contributed by atoms with Gasteiger partial charge in [0.05, 0.1) is 41.5 Å². The largest absolute Gasteiger partial charge is 0.238 e. The van der Waals surface area contributed by atoms with E-state index in [0.717, 1.165) is 44.5 Å². The van der Waals surface area contributed by atoms with Gasteiger partial charge in [-0.1, -0.05) is 158 Å². The summed E-state index contributed by atoms with van der Waals surface area (Å²) in [6.07, 6.45) is 16.2. The summed E-state index contributed by atoms with van der Waals surface area (Å²) in [6.45, 7) is 7.06. The molecular weight excluding hydrogens is 633 g/mol. The summed E-state index contributed by atoms with van der Waals surface area (Å²) in [5, 5.41) is 26.8. The van der Waals surface area contributed by atoms with Crippen molar-refractivity contribution in [1.82, 2.24) is 0 Å². The van der Waals surface area contributed by atoms with Crippen molar-refractivity contribution >= 4 is 54.3 Å². The van der Waals surface area contributed by atoms with E-state index in [2.05, 4.69) is 59.5 Å². The molecule has 0 spiro atoms. The zero-order valence-corrected chi connectivity index (χ0v) is 28.3. The number of benzene rings is 6. The van der Waals surface area contributed by atoms with E-state index in [-0.39, 0.29) is 0 Å². The third-order valence-corrected chi connectivity index (χ3v) is 7.89. The highest BCUT2D eigenvalue weighted by atomic mass is 14.6. The van der Waals surface area contributed by atoms with Crippen molar-refractivity contribution in [2.75, 3.05) is 0 Å². The predicted molar refractivity (Wildman–Crippen MR) is 215 cm³/mol. The first kappa shape index (κ1) is 35.5. The Labute approximate surface area is 305 Å². The van der Waals surface area contributed by atoms with Gasteiger partial charge in [-0.25, -0.2) is 4.85 Å². The van der Waals surface area contributed by atoms with Gasteiger partial charge in [0.25, 0.3) is 0 Å². The van der Waals surface area contributed by atoms with Crippen LogP contribution in [0.5, 0.6) is 0 Å². The third-order valence-electron chi connectivity index (χ3n) is 7.89. The molecule has 6 rings (SSSR count). The molecule has 0 fully saturated rings. The van der Waals surface area contributed by atoms with Crippen LogP contribution in [0.3, 0.4) is 0 Å². The van der Waals surface area contributed by atoms with E-state index in [1.807, 2.05) is 152 Å². The fraction of sp³-hybridized carbons (Fsp3) is 0. The van der Waals surface area contributed by atoms with E-state index in [1.54, 1.807) is 6.07 Å². The first-order valence-electron chi connectivity index (χ1n) is 16.4. The van der Waals surface area contributed by atoms with Crippen LogP contribution in [0.15, 0.2) is 146 Å². The average Bonchev–Trinajstić information content (AvgIpc) is 3.22. The van der Waals surface area contributed by atoms with E-state index in [9.17, 15) is 0 Å². The van der Waals surface area contributed by atoms with Crippen molar-refractivity contribution in [2.24, 2.45) is 0 Å². The molecule has 4 nitrogen and oxygen atoms in total. The molecule has 0 heterocycles. The number of hydrogen-bond acceptors (Lipinski definition) is 3. The second kappa shape index (κ2) is 18.7. The van der Waals surface area contributed by atoms with Crippen LogP contribution in [-0.2, 0) is 0 Å². The van der Waals surface area contributed by atoms with E-state index < -0.39 is 0 Å². The smallest absolute Gasteiger partial charge is 0.187 e. The van der Waals surface area contributed by atoms with Crippen molar-refractivity contribution in [3.63, 3.8) is 0 Å². The fourth-order valence-corrected chi connectivity index (χ4v) is 4.98. The van der Waals surface area contributed by atoms with Gasteiger partial charge in [-0.2, -0.15) is 15.8 Å². The van der Waals surface area contributed by atoms with Gasteiger partial charge in [0, 0.05) is 0 Å². The highest BCUT2D eigenvalue weighted by Crippen LogP contribution is 2.18. The SMILES string of the molecule is N#Cc1ccc(/C=C/c2ccc(/C=C/c3ccccc3C#N)cc2)cc1.[C-]#[N+]c1cccc(/C=C/c2ccc(/C=C/c3ccc(C#N)cc3)cc2)c1. The molecule has 0 aliphatic carbocycles. The van der Waals surface area contributed by atoms with Gasteiger partial charge in [0.1, 0.15) is 0 Å². The lowest BCUT2D eigenvalue weighted by Crippen LogP contribution is -1.80. The fourth-order valence-electron chi connectivity index (χ4n) is 4.98. The lowest BCUT2D eigenvalue weighted by atomic mass is 10.1. The minimum atomic E-state index is 0.649. The van der Waals surface area contributed by atoms with Gasteiger partial charge >= 0.3 is 0 Å². The van der Waals surface area contributed by atoms with Crippen LogP contribution in [0.1, 0.15) is 61.2 Å². The van der Waals surface area contributed by atoms with Crippen LogP contribution >= 0.6 is 0 Å². The first-order chi connectivity index (χ1) is 25.5. The van der Waals surface area contributed by atoms with E-state index in [0.29, 0.717) is 22.4 Å². The van der Waals surface area contributed by atoms with Crippen LogP contribution in [0.2, 0.25) is 0 Å². The average molecular weight is 665 g/mol. The maximum atomic E-state index is 9.13. The first-order valence-corrected chi connectivity index (χ1v) is 16.4. The Morgan fingerprint density at radius 2 is 0.769 bits per heavy atom. The van der Waals surface area contributed by atoms with E-state index in [4.69, 9.17) is 22.4 Å². The molecule has 0 saturated carbocycles. The summed E-state index contributed by atoms with van der Waals surface area (Å²) >= 11 is 0. The summed E-state index contributed by atoms with van der Waals surface area (Å²) in [6, 6.07) is 53.0. The third kappa shape index (κ3) is 10.9. The van der Waals surface area contributed by atoms with Gasteiger partial charge in [-0.15, -0.1) is 0 Å². The molecule has 0 atom stereocenters. The summed E-state index contributed by atoms with van der Waals surface area (Å²) in [7, 11) is 0. The second-order valence-corrected chi connectivity index (χ2v) is 11.5. The molecule has 0 radical (unpaired) electrons. The molecule has 6 aromatic rings. The summed E-state index contributed by atoms with van der Waals surface area (Å²) in [5.74, 6) is 0. The topological polar surface area (TPSA) is 75.7 Å². The molecule has 0 aliphatic rings. The van der Waals surface area contributed by atoms with Crippen molar-refractivity contribution in [3.05, 3.63) is 218 Å². The van der Waals surface area contributed by atoms with Gasteiger partial charge in [0.15, 0.2) is 5.69 Å². The zero-order chi connectivity index (χ0) is 36.4. The number of hydrogen-bond donors (Lipinski definition) is 0. The van der Waals surface area contributed by atoms with Crippen LogP contribution in [0.25, 0.3) is 53.5 Å². The minimum Gasteiger partial charge on any atom is -0.238 e. The van der Waals surface area contributed by atoms with Crippen molar-refractivity contribution in [1.29, 1.82) is 15.8 Å². The van der Waals surface area contributed by atoms with Crippen LogP contribution in [0.4, 0.5) is 5.69 Å². The monoisotopic (exact) mass is 664 g/mol. The van der Waals surface area contributed by atoms with Gasteiger partial charge < -0.3 is 0 Å². The normalized spacial score (nSPS) is 10.7. The summed E-state index contributed by atoms with van der Waals surface area (Å²) in [4.78, 5) is 3.45.